The molecule has 0 amide bonds. The van der Waals surface area contributed by atoms with Crippen LogP contribution in [0, 0.1) is 0 Å². The van der Waals surface area contributed by atoms with Crippen LogP contribution >= 0.6 is 0 Å². The highest BCUT2D eigenvalue weighted by molar-refractivity contribution is 5.80. The van der Waals surface area contributed by atoms with Gasteiger partial charge in [-0.1, -0.05) is 6.07 Å². The Kier molecular flexibility index (Phi) is 2.89. The van der Waals surface area contributed by atoms with Gasteiger partial charge < -0.3 is 9.30 Å². The van der Waals surface area contributed by atoms with Gasteiger partial charge >= 0.3 is 0 Å². The zero-order valence-electron chi connectivity index (χ0n) is 10.4. The van der Waals surface area contributed by atoms with Crippen LogP contribution in [0.3, 0.4) is 0 Å². The summed E-state index contributed by atoms with van der Waals surface area (Å²) in [6.07, 6.45) is 7.38. The molecule has 1 aromatic carbocycles. The van der Waals surface area contributed by atoms with Gasteiger partial charge in [-0.25, -0.2) is 0 Å². The van der Waals surface area contributed by atoms with E-state index in [-0.39, 0.29) is 0 Å². The van der Waals surface area contributed by atoms with Crippen LogP contribution in [0.15, 0.2) is 30.5 Å². The summed E-state index contributed by atoms with van der Waals surface area (Å²) in [5.74, 6) is 0. The Bertz CT molecular complexity index is 509. The lowest BCUT2D eigenvalue weighted by Crippen LogP contribution is -2.21. The molecule has 0 saturated carbocycles. The topological polar surface area (TPSA) is 14.2 Å². The lowest BCUT2D eigenvalue weighted by Gasteiger charge is -2.22. The van der Waals surface area contributed by atoms with E-state index in [1.807, 2.05) is 0 Å². The van der Waals surface area contributed by atoms with Crippen molar-refractivity contribution in [2.24, 2.45) is 7.05 Å². The maximum atomic E-state index is 5.79. The Balaban J connectivity index is 1.80. The van der Waals surface area contributed by atoms with E-state index >= 15 is 0 Å². The van der Waals surface area contributed by atoms with Crippen LogP contribution in [0.4, 0.5) is 0 Å². The molecule has 90 valence electrons. The number of ether oxygens (including phenoxy) is 1. The first-order valence-corrected chi connectivity index (χ1v) is 6.48. The summed E-state index contributed by atoms with van der Waals surface area (Å²) < 4.78 is 7.96. The first-order valence-electron chi connectivity index (χ1n) is 6.48. The molecule has 1 aliphatic rings. The van der Waals surface area contributed by atoms with Gasteiger partial charge in [0.15, 0.2) is 0 Å². The van der Waals surface area contributed by atoms with E-state index in [2.05, 4.69) is 42.1 Å². The Morgan fingerprint density at radius 3 is 3.06 bits per heavy atom. The van der Waals surface area contributed by atoms with Crippen molar-refractivity contribution in [1.29, 1.82) is 0 Å². The molecular weight excluding hydrogens is 210 g/mol. The standard InChI is InChI=1S/C15H19NO/c1-16-8-7-13-10-12(5-6-15(13)16)11-14-4-2-3-9-17-14/h5-8,10,14H,2-4,9,11H2,1H3. The van der Waals surface area contributed by atoms with Gasteiger partial charge in [0.05, 0.1) is 6.10 Å². The van der Waals surface area contributed by atoms with Crippen LogP contribution in [-0.4, -0.2) is 17.3 Å². The molecule has 1 aliphatic heterocycles. The number of hydrogen-bond donors (Lipinski definition) is 0. The highest BCUT2D eigenvalue weighted by atomic mass is 16.5. The summed E-state index contributed by atoms with van der Waals surface area (Å²) >= 11 is 0. The van der Waals surface area contributed by atoms with Crippen molar-refractivity contribution < 1.29 is 4.74 Å². The first-order chi connectivity index (χ1) is 8.33. The molecule has 1 aromatic heterocycles. The van der Waals surface area contributed by atoms with Gasteiger partial charge in [0, 0.05) is 25.4 Å². The second-order valence-corrected chi connectivity index (χ2v) is 5.01. The number of rotatable bonds is 2. The molecule has 1 fully saturated rings. The Morgan fingerprint density at radius 2 is 2.24 bits per heavy atom. The maximum absolute atomic E-state index is 5.79. The number of aromatic nitrogens is 1. The SMILES string of the molecule is Cn1ccc2cc(CC3CCCCO3)ccc21. The summed E-state index contributed by atoms with van der Waals surface area (Å²) in [7, 11) is 2.09. The van der Waals surface area contributed by atoms with Crippen LogP contribution < -0.4 is 0 Å². The van der Waals surface area contributed by atoms with E-state index in [9.17, 15) is 0 Å². The monoisotopic (exact) mass is 229 g/mol. The normalized spacial score (nSPS) is 20.9. The minimum Gasteiger partial charge on any atom is -0.378 e. The fourth-order valence-corrected chi connectivity index (χ4v) is 2.69. The average molecular weight is 229 g/mol. The van der Waals surface area contributed by atoms with Gasteiger partial charge in [-0.2, -0.15) is 0 Å². The molecule has 0 aliphatic carbocycles. The highest BCUT2D eigenvalue weighted by Crippen LogP contribution is 2.21. The largest absolute Gasteiger partial charge is 0.378 e. The highest BCUT2D eigenvalue weighted by Gasteiger charge is 2.14. The predicted octanol–water partition coefficient (Wildman–Crippen LogP) is 3.29. The number of fused-ring (bicyclic) bond motifs is 1. The zero-order valence-corrected chi connectivity index (χ0v) is 10.4. The fraction of sp³-hybridized carbons (Fsp3) is 0.467. The molecule has 2 aromatic rings. The minimum atomic E-state index is 0.435. The molecule has 0 radical (unpaired) electrons. The molecule has 0 N–H and O–H groups in total. The molecule has 0 bridgehead atoms. The third-order valence-electron chi connectivity index (χ3n) is 3.69. The van der Waals surface area contributed by atoms with Crippen molar-refractivity contribution in [2.75, 3.05) is 6.61 Å². The molecule has 2 heteroatoms. The Morgan fingerprint density at radius 1 is 1.29 bits per heavy atom. The first kappa shape index (κ1) is 10.8. The van der Waals surface area contributed by atoms with Gasteiger partial charge in [0.25, 0.3) is 0 Å². The van der Waals surface area contributed by atoms with Gasteiger partial charge in [-0.05, 0) is 54.8 Å². The lowest BCUT2D eigenvalue weighted by molar-refractivity contribution is 0.0168. The van der Waals surface area contributed by atoms with E-state index in [0.29, 0.717) is 6.10 Å². The second kappa shape index (κ2) is 4.53. The van der Waals surface area contributed by atoms with Crippen molar-refractivity contribution in [3.8, 4) is 0 Å². The van der Waals surface area contributed by atoms with Crippen LogP contribution in [0.1, 0.15) is 24.8 Å². The molecule has 17 heavy (non-hydrogen) atoms. The van der Waals surface area contributed by atoms with Crippen molar-refractivity contribution >= 4 is 10.9 Å². The number of benzene rings is 1. The van der Waals surface area contributed by atoms with Gasteiger partial charge in [-0.3, -0.25) is 0 Å². The number of hydrogen-bond acceptors (Lipinski definition) is 1. The van der Waals surface area contributed by atoms with Crippen molar-refractivity contribution in [3.63, 3.8) is 0 Å². The third kappa shape index (κ3) is 2.22. The van der Waals surface area contributed by atoms with Crippen molar-refractivity contribution in [1.82, 2.24) is 4.57 Å². The van der Waals surface area contributed by atoms with Crippen LogP contribution in [0.25, 0.3) is 10.9 Å². The zero-order chi connectivity index (χ0) is 11.7. The van der Waals surface area contributed by atoms with Gasteiger partial charge in [0.2, 0.25) is 0 Å². The van der Waals surface area contributed by atoms with Gasteiger partial charge in [0.1, 0.15) is 0 Å². The number of aryl methyl sites for hydroxylation is 1. The van der Waals surface area contributed by atoms with Crippen LogP contribution in [0.5, 0.6) is 0 Å². The summed E-state index contributed by atoms with van der Waals surface area (Å²) in [6, 6.07) is 8.93. The van der Waals surface area contributed by atoms with Crippen LogP contribution in [-0.2, 0) is 18.2 Å². The summed E-state index contributed by atoms with van der Waals surface area (Å²) in [4.78, 5) is 0. The lowest BCUT2D eigenvalue weighted by atomic mass is 10.0. The van der Waals surface area contributed by atoms with Crippen molar-refractivity contribution in [3.05, 3.63) is 36.0 Å². The quantitative estimate of drug-likeness (QED) is 0.770. The van der Waals surface area contributed by atoms with E-state index in [1.54, 1.807) is 0 Å². The van der Waals surface area contributed by atoms with Crippen LogP contribution in [0.2, 0.25) is 0 Å². The Labute approximate surface area is 102 Å². The smallest absolute Gasteiger partial charge is 0.0615 e. The molecule has 3 rings (SSSR count). The molecule has 2 nitrogen and oxygen atoms in total. The molecular formula is C15H19NO. The Hall–Kier alpha value is -1.28. The molecule has 1 unspecified atom stereocenters. The van der Waals surface area contributed by atoms with E-state index in [0.717, 1.165) is 13.0 Å². The maximum Gasteiger partial charge on any atom is 0.0615 e. The summed E-state index contributed by atoms with van der Waals surface area (Å²) in [6.45, 7) is 0.943. The van der Waals surface area contributed by atoms with E-state index in [4.69, 9.17) is 4.74 Å². The van der Waals surface area contributed by atoms with E-state index in [1.165, 1.54) is 35.7 Å². The minimum absolute atomic E-state index is 0.435. The molecule has 2 heterocycles. The van der Waals surface area contributed by atoms with Crippen molar-refractivity contribution in [2.45, 2.75) is 31.8 Å². The average Bonchev–Trinajstić information content (AvgIpc) is 2.72. The summed E-state index contributed by atoms with van der Waals surface area (Å²) in [5, 5.41) is 1.33. The molecule has 1 atom stereocenters. The van der Waals surface area contributed by atoms with Gasteiger partial charge in [-0.15, -0.1) is 0 Å². The van der Waals surface area contributed by atoms with E-state index < -0.39 is 0 Å². The second-order valence-electron chi connectivity index (χ2n) is 5.01. The number of nitrogens with zero attached hydrogens (tertiary/aromatic N) is 1. The fourth-order valence-electron chi connectivity index (χ4n) is 2.69. The molecule has 0 spiro atoms. The molecule has 1 saturated heterocycles. The summed E-state index contributed by atoms with van der Waals surface area (Å²) in [5.41, 5.74) is 2.70. The predicted molar refractivity (Wildman–Crippen MR) is 70.2 cm³/mol. The third-order valence-corrected chi connectivity index (χ3v) is 3.69.